The quantitative estimate of drug-likeness (QED) is 0.409. The standard InChI is InChI=1S/C29H29N3O/c1-20(21-11-4-2-5-12-21)31-29(33)27-24-16-8-9-17-26(24)32-28(22-13-6-3-7-14-22)25(27)19-23-15-10-18-30-23/h2-9,11-14,16-17,20,23,30H,10,15,18-19H2,1H3,(H,31,33). The van der Waals surface area contributed by atoms with E-state index in [0.717, 1.165) is 58.2 Å². The smallest absolute Gasteiger partial charge is 0.252 e. The van der Waals surface area contributed by atoms with Crippen LogP contribution in [0.3, 0.4) is 0 Å². The summed E-state index contributed by atoms with van der Waals surface area (Å²) >= 11 is 0. The van der Waals surface area contributed by atoms with Crippen LogP contribution in [0.1, 0.15) is 47.3 Å². The van der Waals surface area contributed by atoms with Crippen LogP contribution in [0.25, 0.3) is 22.2 Å². The highest BCUT2D eigenvalue weighted by molar-refractivity contribution is 6.09. The lowest BCUT2D eigenvalue weighted by atomic mass is 9.91. The number of nitrogens with one attached hydrogen (secondary N) is 2. The van der Waals surface area contributed by atoms with Gasteiger partial charge in [0.2, 0.25) is 0 Å². The summed E-state index contributed by atoms with van der Waals surface area (Å²) in [4.78, 5) is 18.9. The Bertz CT molecular complexity index is 1250. The fourth-order valence-corrected chi connectivity index (χ4v) is 4.82. The Labute approximate surface area is 195 Å². The first-order valence-corrected chi connectivity index (χ1v) is 11.8. The Hall–Kier alpha value is -3.50. The first kappa shape index (κ1) is 21.4. The van der Waals surface area contributed by atoms with Crippen molar-refractivity contribution in [2.45, 2.75) is 38.3 Å². The topological polar surface area (TPSA) is 54.0 Å². The van der Waals surface area contributed by atoms with Crippen LogP contribution >= 0.6 is 0 Å². The van der Waals surface area contributed by atoms with Crippen molar-refractivity contribution < 1.29 is 4.79 Å². The lowest BCUT2D eigenvalue weighted by Crippen LogP contribution is -2.30. The normalized spacial score (nSPS) is 16.6. The molecular weight excluding hydrogens is 406 g/mol. The summed E-state index contributed by atoms with van der Waals surface area (Å²) in [5.41, 5.74) is 5.65. The van der Waals surface area contributed by atoms with Crippen LogP contribution in [0.2, 0.25) is 0 Å². The van der Waals surface area contributed by atoms with Crippen LogP contribution in [0, 0.1) is 0 Å². The van der Waals surface area contributed by atoms with Crippen molar-refractivity contribution in [3.63, 3.8) is 0 Å². The molecule has 0 bridgehead atoms. The zero-order valence-electron chi connectivity index (χ0n) is 18.9. The Morgan fingerprint density at radius 2 is 1.70 bits per heavy atom. The maximum absolute atomic E-state index is 13.9. The van der Waals surface area contributed by atoms with E-state index in [0.29, 0.717) is 6.04 Å². The van der Waals surface area contributed by atoms with E-state index in [1.807, 2.05) is 79.7 Å². The molecule has 0 spiro atoms. The largest absolute Gasteiger partial charge is 0.345 e. The Balaban J connectivity index is 1.65. The third-order valence-corrected chi connectivity index (χ3v) is 6.53. The highest BCUT2D eigenvalue weighted by Crippen LogP contribution is 2.32. The van der Waals surface area contributed by atoms with E-state index in [2.05, 4.69) is 22.8 Å². The lowest BCUT2D eigenvalue weighted by molar-refractivity contribution is 0.0940. The number of nitrogens with zero attached hydrogens (tertiary/aromatic N) is 1. The minimum absolute atomic E-state index is 0.0462. The molecule has 166 valence electrons. The van der Waals surface area contributed by atoms with Crippen molar-refractivity contribution in [2.24, 2.45) is 0 Å². The molecule has 5 rings (SSSR count). The van der Waals surface area contributed by atoms with Crippen LogP contribution in [0.15, 0.2) is 84.9 Å². The molecule has 0 saturated carbocycles. The van der Waals surface area contributed by atoms with Gasteiger partial charge in [-0.2, -0.15) is 0 Å². The molecular formula is C29H29N3O. The molecule has 1 fully saturated rings. The molecule has 2 heterocycles. The van der Waals surface area contributed by atoms with E-state index in [1.165, 1.54) is 6.42 Å². The Morgan fingerprint density at radius 1 is 1.00 bits per heavy atom. The van der Waals surface area contributed by atoms with E-state index in [1.54, 1.807) is 0 Å². The molecule has 1 aliphatic heterocycles. The number of carbonyl (C=O) groups is 1. The zero-order valence-corrected chi connectivity index (χ0v) is 18.9. The van der Waals surface area contributed by atoms with E-state index in [9.17, 15) is 4.79 Å². The molecule has 4 heteroatoms. The van der Waals surface area contributed by atoms with Crippen LogP contribution in [0.4, 0.5) is 0 Å². The number of hydrogen-bond donors (Lipinski definition) is 2. The second-order valence-electron chi connectivity index (χ2n) is 8.80. The fraction of sp³-hybridized carbons (Fsp3) is 0.241. The summed E-state index contributed by atoms with van der Waals surface area (Å²) in [6, 6.07) is 28.6. The molecule has 4 aromatic rings. The molecule has 1 aliphatic rings. The molecule has 1 amide bonds. The van der Waals surface area contributed by atoms with Gasteiger partial charge in [-0.3, -0.25) is 4.79 Å². The SMILES string of the molecule is CC(NC(=O)c1c(CC2CCCN2)c(-c2ccccc2)nc2ccccc12)c1ccccc1. The van der Waals surface area contributed by atoms with Crippen LogP contribution in [-0.4, -0.2) is 23.5 Å². The van der Waals surface area contributed by atoms with E-state index in [4.69, 9.17) is 4.98 Å². The van der Waals surface area contributed by atoms with Gasteiger partial charge in [-0.1, -0.05) is 78.9 Å². The number of aromatic nitrogens is 1. The fourth-order valence-electron chi connectivity index (χ4n) is 4.82. The average molecular weight is 436 g/mol. The highest BCUT2D eigenvalue weighted by atomic mass is 16.1. The van der Waals surface area contributed by atoms with E-state index < -0.39 is 0 Å². The summed E-state index contributed by atoms with van der Waals surface area (Å²) < 4.78 is 0. The monoisotopic (exact) mass is 435 g/mol. The minimum atomic E-state index is -0.0942. The van der Waals surface area contributed by atoms with Crippen LogP contribution in [-0.2, 0) is 6.42 Å². The molecule has 4 nitrogen and oxygen atoms in total. The summed E-state index contributed by atoms with van der Waals surface area (Å²) in [7, 11) is 0. The lowest BCUT2D eigenvalue weighted by Gasteiger charge is -2.21. The van der Waals surface area contributed by atoms with Gasteiger partial charge in [0, 0.05) is 17.0 Å². The van der Waals surface area contributed by atoms with Crippen molar-refractivity contribution in [3.05, 3.63) is 102 Å². The predicted molar refractivity (Wildman–Crippen MR) is 134 cm³/mol. The number of benzene rings is 3. The van der Waals surface area contributed by atoms with Crippen molar-refractivity contribution >= 4 is 16.8 Å². The van der Waals surface area contributed by atoms with Gasteiger partial charge in [0.1, 0.15) is 0 Å². The summed E-state index contributed by atoms with van der Waals surface area (Å²) in [5, 5.41) is 7.77. The zero-order chi connectivity index (χ0) is 22.6. The molecule has 0 radical (unpaired) electrons. The predicted octanol–water partition coefficient (Wildman–Crippen LogP) is 5.69. The van der Waals surface area contributed by atoms with Gasteiger partial charge in [-0.05, 0) is 49.9 Å². The van der Waals surface area contributed by atoms with Crippen LogP contribution in [0.5, 0.6) is 0 Å². The molecule has 33 heavy (non-hydrogen) atoms. The second kappa shape index (κ2) is 9.55. The minimum Gasteiger partial charge on any atom is -0.345 e. The van der Waals surface area contributed by atoms with Gasteiger partial charge in [0.05, 0.1) is 22.8 Å². The molecule has 1 saturated heterocycles. The van der Waals surface area contributed by atoms with Crippen LogP contribution < -0.4 is 10.6 Å². The molecule has 3 aromatic carbocycles. The van der Waals surface area contributed by atoms with Crippen molar-refractivity contribution in [3.8, 4) is 11.3 Å². The molecule has 0 aliphatic carbocycles. The first-order chi connectivity index (χ1) is 16.2. The maximum atomic E-state index is 13.9. The number of para-hydroxylation sites is 1. The highest BCUT2D eigenvalue weighted by Gasteiger charge is 2.26. The van der Waals surface area contributed by atoms with Gasteiger partial charge < -0.3 is 10.6 Å². The number of amides is 1. The number of pyridine rings is 1. The van der Waals surface area contributed by atoms with Gasteiger partial charge in [0.15, 0.2) is 0 Å². The Morgan fingerprint density at radius 3 is 2.42 bits per heavy atom. The summed E-state index contributed by atoms with van der Waals surface area (Å²) in [5.74, 6) is -0.0462. The van der Waals surface area contributed by atoms with E-state index in [-0.39, 0.29) is 11.9 Å². The molecule has 1 aromatic heterocycles. The van der Waals surface area contributed by atoms with Crippen molar-refractivity contribution in [1.29, 1.82) is 0 Å². The number of fused-ring (bicyclic) bond motifs is 1. The molecule has 2 N–H and O–H groups in total. The molecule has 2 atom stereocenters. The first-order valence-electron chi connectivity index (χ1n) is 11.8. The van der Waals surface area contributed by atoms with Crippen molar-refractivity contribution in [1.82, 2.24) is 15.6 Å². The maximum Gasteiger partial charge on any atom is 0.252 e. The number of rotatable bonds is 6. The van der Waals surface area contributed by atoms with Gasteiger partial charge in [-0.15, -0.1) is 0 Å². The molecule has 2 unspecified atom stereocenters. The third-order valence-electron chi connectivity index (χ3n) is 6.53. The second-order valence-corrected chi connectivity index (χ2v) is 8.80. The Kier molecular flexibility index (Phi) is 6.18. The van der Waals surface area contributed by atoms with Gasteiger partial charge >= 0.3 is 0 Å². The van der Waals surface area contributed by atoms with Crippen molar-refractivity contribution in [2.75, 3.05) is 6.54 Å². The van der Waals surface area contributed by atoms with Gasteiger partial charge in [-0.25, -0.2) is 4.98 Å². The van der Waals surface area contributed by atoms with E-state index >= 15 is 0 Å². The number of carbonyl (C=O) groups excluding carboxylic acids is 1. The average Bonchev–Trinajstić information content (AvgIpc) is 3.38. The summed E-state index contributed by atoms with van der Waals surface area (Å²) in [6.07, 6.45) is 3.06. The third kappa shape index (κ3) is 4.53. The van der Waals surface area contributed by atoms with Gasteiger partial charge in [0.25, 0.3) is 5.91 Å². The summed E-state index contributed by atoms with van der Waals surface area (Å²) in [6.45, 7) is 3.06. The number of hydrogen-bond acceptors (Lipinski definition) is 3.